The van der Waals surface area contributed by atoms with Gasteiger partial charge in [-0.25, -0.2) is 9.97 Å². The van der Waals surface area contributed by atoms with Crippen molar-refractivity contribution in [3.8, 4) is 11.6 Å². The molecule has 1 fully saturated rings. The summed E-state index contributed by atoms with van der Waals surface area (Å²) in [7, 11) is 0. The van der Waals surface area contributed by atoms with Gasteiger partial charge in [-0.15, -0.1) is 0 Å². The first-order valence-electron chi connectivity index (χ1n) is 6.57. The quantitative estimate of drug-likeness (QED) is 0.882. The Labute approximate surface area is 111 Å². The second-order valence-electron chi connectivity index (χ2n) is 5.27. The molecule has 2 unspecified atom stereocenters. The van der Waals surface area contributed by atoms with Gasteiger partial charge in [0.05, 0.1) is 5.41 Å². The molecule has 2 heterocycles. The lowest BCUT2D eigenvalue weighted by molar-refractivity contribution is 0.203. The molecule has 6 heteroatoms. The highest BCUT2D eigenvalue weighted by Crippen LogP contribution is 2.37. The molecule has 3 rings (SSSR count). The SMILES string of the molecule is CC1(c2nc(-c3ncccn3)no2)CCCCC1N. The molecule has 0 aliphatic heterocycles. The van der Waals surface area contributed by atoms with Crippen LogP contribution in [0.5, 0.6) is 0 Å². The van der Waals surface area contributed by atoms with Crippen LogP contribution >= 0.6 is 0 Å². The molecule has 0 radical (unpaired) electrons. The molecule has 2 N–H and O–H groups in total. The summed E-state index contributed by atoms with van der Waals surface area (Å²) in [4.78, 5) is 12.7. The Bertz CT molecular complexity index is 555. The molecule has 0 spiro atoms. The molecule has 100 valence electrons. The van der Waals surface area contributed by atoms with Crippen LogP contribution in [0.4, 0.5) is 0 Å². The van der Waals surface area contributed by atoms with E-state index >= 15 is 0 Å². The van der Waals surface area contributed by atoms with Crippen LogP contribution < -0.4 is 5.73 Å². The zero-order valence-corrected chi connectivity index (χ0v) is 10.9. The molecular formula is C13H17N5O. The summed E-state index contributed by atoms with van der Waals surface area (Å²) in [5.41, 5.74) is 6.00. The summed E-state index contributed by atoms with van der Waals surface area (Å²) in [6.07, 6.45) is 7.60. The van der Waals surface area contributed by atoms with Gasteiger partial charge in [0.15, 0.2) is 0 Å². The molecule has 1 saturated carbocycles. The molecule has 1 aliphatic carbocycles. The monoisotopic (exact) mass is 259 g/mol. The summed E-state index contributed by atoms with van der Waals surface area (Å²) >= 11 is 0. The zero-order chi connectivity index (χ0) is 13.3. The topological polar surface area (TPSA) is 90.7 Å². The smallest absolute Gasteiger partial charge is 0.240 e. The maximum absolute atomic E-state index is 6.23. The maximum Gasteiger partial charge on any atom is 0.240 e. The number of rotatable bonds is 2. The molecule has 2 atom stereocenters. The third-order valence-corrected chi connectivity index (χ3v) is 3.96. The second-order valence-corrected chi connectivity index (χ2v) is 5.27. The summed E-state index contributed by atoms with van der Waals surface area (Å²) in [5, 5.41) is 3.97. The van der Waals surface area contributed by atoms with Gasteiger partial charge in [0.1, 0.15) is 0 Å². The first-order chi connectivity index (χ1) is 9.20. The predicted molar refractivity (Wildman–Crippen MR) is 69.1 cm³/mol. The fraction of sp³-hybridized carbons (Fsp3) is 0.538. The highest BCUT2D eigenvalue weighted by molar-refractivity contribution is 5.40. The molecule has 2 aromatic heterocycles. The Morgan fingerprint density at radius 2 is 2.05 bits per heavy atom. The third-order valence-electron chi connectivity index (χ3n) is 3.96. The molecule has 0 saturated heterocycles. The number of aromatic nitrogens is 4. The van der Waals surface area contributed by atoms with Crippen LogP contribution in [0, 0.1) is 0 Å². The van der Waals surface area contributed by atoms with Crippen molar-refractivity contribution in [1.29, 1.82) is 0 Å². The van der Waals surface area contributed by atoms with E-state index in [0.717, 1.165) is 19.3 Å². The highest BCUT2D eigenvalue weighted by Gasteiger charge is 2.40. The molecule has 0 bridgehead atoms. The van der Waals surface area contributed by atoms with Gasteiger partial charge >= 0.3 is 0 Å². The molecule has 6 nitrogen and oxygen atoms in total. The van der Waals surface area contributed by atoms with Crippen molar-refractivity contribution >= 4 is 0 Å². The van der Waals surface area contributed by atoms with Crippen molar-refractivity contribution in [2.75, 3.05) is 0 Å². The van der Waals surface area contributed by atoms with E-state index in [1.54, 1.807) is 18.5 Å². The minimum atomic E-state index is -0.238. The number of hydrogen-bond acceptors (Lipinski definition) is 6. The van der Waals surface area contributed by atoms with Crippen molar-refractivity contribution in [3.63, 3.8) is 0 Å². The first-order valence-corrected chi connectivity index (χ1v) is 6.57. The van der Waals surface area contributed by atoms with Gasteiger partial charge in [0.2, 0.25) is 17.5 Å². The lowest BCUT2D eigenvalue weighted by Crippen LogP contribution is -2.45. The minimum absolute atomic E-state index is 0.0613. The van der Waals surface area contributed by atoms with Gasteiger partial charge in [0.25, 0.3) is 0 Å². The summed E-state index contributed by atoms with van der Waals surface area (Å²) in [6, 6.07) is 1.81. The van der Waals surface area contributed by atoms with E-state index in [4.69, 9.17) is 10.3 Å². The van der Waals surface area contributed by atoms with Crippen molar-refractivity contribution in [2.24, 2.45) is 5.73 Å². The summed E-state index contributed by atoms with van der Waals surface area (Å²) < 4.78 is 5.41. The minimum Gasteiger partial charge on any atom is -0.338 e. The van der Waals surface area contributed by atoms with Gasteiger partial charge < -0.3 is 10.3 Å². The lowest BCUT2D eigenvalue weighted by Gasteiger charge is -2.35. The average molecular weight is 259 g/mol. The van der Waals surface area contributed by atoms with E-state index in [1.807, 2.05) is 0 Å². The van der Waals surface area contributed by atoms with Crippen LogP contribution in [-0.2, 0) is 5.41 Å². The van der Waals surface area contributed by atoms with Crippen molar-refractivity contribution < 1.29 is 4.52 Å². The normalized spacial score (nSPS) is 27.4. The van der Waals surface area contributed by atoms with E-state index in [9.17, 15) is 0 Å². The Morgan fingerprint density at radius 3 is 2.79 bits per heavy atom. The Hall–Kier alpha value is -1.82. The van der Waals surface area contributed by atoms with Gasteiger partial charge in [-0.3, -0.25) is 0 Å². The van der Waals surface area contributed by atoms with Gasteiger partial charge in [-0.05, 0) is 25.8 Å². The molecule has 19 heavy (non-hydrogen) atoms. The zero-order valence-electron chi connectivity index (χ0n) is 10.9. The number of nitrogens with two attached hydrogens (primary N) is 1. The number of nitrogens with zero attached hydrogens (tertiary/aromatic N) is 4. The van der Waals surface area contributed by atoms with E-state index in [2.05, 4.69) is 27.0 Å². The van der Waals surface area contributed by atoms with E-state index in [1.165, 1.54) is 6.42 Å². The predicted octanol–water partition coefficient (Wildman–Crippen LogP) is 1.69. The van der Waals surface area contributed by atoms with Crippen LogP contribution in [0.15, 0.2) is 23.0 Å². The standard InChI is InChI=1S/C13H17N5O/c1-13(6-3-2-5-9(13)14)12-17-11(18-19-12)10-15-7-4-8-16-10/h4,7-9H,2-3,5-6,14H2,1H3. The van der Waals surface area contributed by atoms with Crippen LogP contribution in [0.2, 0.25) is 0 Å². The van der Waals surface area contributed by atoms with Crippen molar-refractivity contribution in [2.45, 2.75) is 44.1 Å². The number of hydrogen-bond donors (Lipinski definition) is 1. The Kier molecular flexibility index (Phi) is 3.02. The van der Waals surface area contributed by atoms with Gasteiger partial charge in [-0.2, -0.15) is 4.98 Å². The maximum atomic E-state index is 6.23. The largest absolute Gasteiger partial charge is 0.338 e. The van der Waals surface area contributed by atoms with E-state index < -0.39 is 0 Å². The van der Waals surface area contributed by atoms with Crippen LogP contribution in [0.3, 0.4) is 0 Å². The van der Waals surface area contributed by atoms with Crippen LogP contribution in [0.25, 0.3) is 11.6 Å². The summed E-state index contributed by atoms with van der Waals surface area (Å²) in [5.74, 6) is 1.50. The fourth-order valence-corrected chi connectivity index (χ4v) is 2.59. The van der Waals surface area contributed by atoms with Crippen LogP contribution in [-0.4, -0.2) is 26.2 Å². The van der Waals surface area contributed by atoms with Gasteiger partial charge in [0, 0.05) is 18.4 Å². The molecule has 0 amide bonds. The second kappa shape index (κ2) is 4.70. The first kappa shape index (κ1) is 12.2. The van der Waals surface area contributed by atoms with Crippen molar-refractivity contribution in [1.82, 2.24) is 20.1 Å². The Morgan fingerprint density at radius 1 is 1.26 bits per heavy atom. The lowest BCUT2D eigenvalue weighted by atomic mass is 9.72. The molecular weight excluding hydrogens is 242 g/mol. The Balaban J connectivity index is 1.93. The van der Waals surface area contributed by atoms with E-state index in [-0.39, 0.29) is 11.5 Å². The van der Waals surface area contributed by atoms with E-state index in [0.29, 0.717) is 17.5 Å². The van der Waals surface area contributed by atoms with Crippen molar-refractivity contribution in [3.05, 3.63) is 24.4 Å². The molecule has 0 aromatic carbocycles. The van der Waals surface area contributed by atoms with Gasteiger partial charge in [-0.1, -0.05) is 18.0 Å². The fourth-order valence-electron chi connectivity index (χ4n) is 2.59. The highest BCUT2D eigenvalue weighted by atomic mass is 16.5. The molecule has 1 aliphatic rings. The summed E-state index contributed by atoms with van der Waals surface area (Å²) in [6.45, 7) is 2.10. The third kappa shape index (κ3) is 2.12. The van der Waals surface area contributed by atoms with Crippen LogP contribution in [0.1, 0.15) is 38.5 Å². The average Bonchev–Trinajstić information content (AvgIpc) is 2.94. The molecule has 2 aromatic rings.